The van der Waals surface area contributed by atoms with E-state index in [2.05, 4.69) is 15.9 Å². The van der Waals surface area contributed by atoms with Gasteiger partial charge in [0, 0.05) is 10.9 Å². The van der Waals surface area contributed by atoms with Gasteiger partial charge in [0.2, 0.25) is 0 Å². The molecule has 0 fully saturated rings. The summed E-state index contributed by atoms with van der Waals surface area (Å²) in [7, 11) is 0. The zero-order valence-corrected chi connectivity index (χ0v) is 12.0. The molecule has 0 atom stereocenters. The van der Waals surface area contributed by atoms with Crippen LogP contribution in [0.2, 0.25) is 0 Å². The standard InChI is InChI=1S/C15H10BrF4/c1-9-6-10(3-5-14(9)17)7-11-2-4-13(16)12(8-11)15(18,19)20/h2-8H,1H3. The highest BCUT2D eigenvalue weighted by Gasteiger charge is 2.33. The lowest BCUT2D eigenvalue weighted by Gasteiger charge is -2.11. The van der Waals surface area contributed by atoms with Gasteiger partial charge >= 0.3 is 6.18 Å². The molecule has 2 aromatic carbocycles. The predicted octanol–water partition coefficient (Wildman–Crippen LogP) is 5.52. The van der Waals surface area contributed by atoms with Crippen molar-refractivity contribution in [2.75, 3.05) is 0 Å². The molecule has 0 unspecified atom stereocenters. The van der Waals surface area contributed by atoms with E-state index in [1.807, 2.05) is 0 Å². The van der Waals surface area contributed by atoms with E-state index in [4.69, 9.17) is 0 Å². The van der Waals surface area contributed by atoms with E-state index in [1.165, 1.54) is 18.2 Å². The summed E-state index contributed by atoms with van der Waals surface area (Å²) in [6.07, 6.45) is -2.84. The second-order valence-corrected chi connectivity index (χ2v) is 5.24. The average molecular weight is 346 g/mol. The Morgan fingerprint density at radius 3 is 2.20 bits per heavy atom. The Bertz CT molecular complexity index is 632. The first-order chi connectivity index (χ1) is 9.27. The van der Waals surface area contributed by atoms with Crippen molar-refractivity contribution in [3.8, 4) is 0 Å². The summed E-state index contributed by atoms with van der Waals surface area (Å²) >= 11 is 2.89. The molecule has 0 aliphatic heterocycles. The molecular formula is C15H10BrF4. The molecule has 0 aliphatic rings. The lowest BCUT2D eigenvalue weighted by atomic mass is 10.0. The minimum atomic E-state index is -4.42. The highest BCUT2D eigenvalue weighted by molar-refractivity contribution is 9.10. The van der Waals surface area contributed by atoms with Gasteiger partial charge in [0.1, 0.15) is 5.82 Å². The Kier molecular flexibility index (Phi) is 4.18. The predicted molar refractivity (Wildman–Crippen MR) is 72.8 cm³/mol. The smallest absolute Gasteiger partial charge is 0.207 e. The van der Waals surface area contributed by atoms with E-state index < -0.39 is 11.7 Å². The fourth-order valence-electron chi connectivity index (χ4n) is 1.80. The van der Waals surface area contributed by atoms with E-state index >= 15 is 0 Å². The quantitative estimate of drug-likeness (QED) is 0.629. The van der Waals surface area contributed by atoms with E-state index in [-0.39, 0.29) is 10.3 Å². The summed E-state index contributed by atoms with van der Waals surface area (Å²) in [5.41, 5.74) is 0.780. The van der Waals surface area contributed by atoms with Gasteiger partial charge in [-0.1, -0.05) is 34.1 Å². The lowest BCUT2D eigenvalue weighted by molar-refractivity contribution is -0.138. The van der Waals surface area contributed by atoms with Crippen molar-refractivity contribution >= 4 is 15.9 Å². The molecule has 2 rings (SSSR count). The monoisotopic (exact) mass is 345 g/mol. The van der Waals surface area contributed by atoms with Crippen LogP contribution >= 0.6 is 15.9 Å². The summed E-state index contributed by atoms with van der Waals surface area (Å²) in [5, 5.41) is 0. The highest BCUT2D eigenvalue weighted by Crippen LogP contribution is 2.35. The third kappa shape index (κ3) is 3.39. The van der Waals surface area contributed by atoms with Crippen LogP contribution in [0, 0.1) is 19.2 Å². The van der Waals surface area contributed by atoms with Crippen LogP contribution in [0.3, 0.4) is 0 Å². The summed E-state index contributed by atoms with van der Waals surface area (Å²) in [4.78, 5) is 0. The van der Waals surface area contributed by atoms with E-state index in [0.717, 1.165) is 6.07 Å². The van der Waals surface area contributed by atoms with Gasteiger partial charge in [0.05, 0.1) is 5.56 Å². The molecular weight excluding hydrogens is 336 g/mol. The maximum Gasteiger partial charge on any atom is 0.417 e. The van der Waals surface area contributed by atoms with Gasteiger partial charge < -0.3 is 0 Å². The molecule has 5 heteroatoms. The van der Waals surface area contributed by atoms with Crippen molar-refractivity contribution in [1.82, 2.24) is 0 Å². The fourth-order valence-corrected chi connectivity index (χ4v) is 2.27. The first-order valence-corrected chi connectivity index (χ1v) is 6.54. The molecule has 0 heterocycles. The summed E-state index contributed by atoms with van der Waals surface area (Å²) in [5.74, 6) is -0.339. The van der Waals surface area contributed by atoms with Crippen LogP contribution in [0.4, 0.5) is 17.6 Å². The maximum absolute atomic E-state index is 13.1. The van der Waals surface area contributed by atoms with Crippen LogP contribution in [0.5, 0.6) is 0 Å². The van der Waals surface area contributed by atoms with Gasteiger partial charge in [-0.05, 0) is 41.8 Å². The third-order valence-corrected chi connectivity index (χ3v) is 3.50. The van der Waals surface area contributed by atoms with Gasteiger partial charge in [0.15, 0.2) is 0 Å². The van der Waals surface area contributed by atoms with Crippen molar-refractivity contribution < 1.29 is 17.6 Å². The molecule has 2 aromatic rings. The average Bonchev–Trinajstić information content (AvgIpc) is 2.35. The summed E-state index contributed by atoms with van der Waals surface area (Å²) in [6.45, 7) is 1.61. The van der Waals surface area contributed by atoms with E-state index in [9.17, 15) is 17.6 Å². The molecule has 20 heavy (non-hydrogen) atoms. The molecule has 0 spiro atoms. The Balaban J connectivity index is 2.32. The van der Waals surface area contributed by atoms with Gasteiger partial charge in [-0.2, -0.15) is 13.2 Å². The molecule has 0 aromatic heterocycles. The Morgan fingerprint density at radius 2 is 1.60 bits per heavy atom. The van der Waals surface area contributed by atoms with Gasteiger partial charge in [-0.25, -0.2) is 4.39 Å². The summed E-state index contributed by atoms with van der Waals surface area (Å²) < 4.78 is 51.5. The third-order valence-electron chi connectivity index (χ3n) is 2.81. The van der Waals surface area contributed by atoms with Gasteiger partial charge in [-0.15, -0.1) is 0 Å². The maximum atomic E-state index is 13.1. The first-order valence-electron chi connectivity index (χ1n) is 5.75. The molecule has 0 nitrogen and oxygen atoms in total. The van der Waals surface area contributed by atoms with Crippen LogP contribution in [-0.4, -0.2) is 0 Å². The molecule has 0 amide bonds. The molecule has 0 aliphatic carbocycles. The van der Waals surface area contributed by atoms with Crippen LogP contribution in [0.25, 0.3) is 0 Å². The first kappa shape index (κ1) is 15.0. The highest BCUT2D eigenvalue weighted by atomic mass is 79.9. The van der Waals surface area contributed by atoms with Crippen molar-refractivity contribution in [3.63, 3.8) is 0 Å². The number of rotatable bonds is 2. The van der Waals surface area contributed by atoms with E-state index in [0.29, 0.717) is 16.7 Å². The largest absolute Gasteiger partial charge is 0.417 e. The lowest BCUT2D eigenvalue weighted by Crippen LogP contribution is -2.06. The molecule has 105 valence electrons. The van der Waals surface area contributed by atoms with E-state index in [1.54, 1.807) is 25.5 Å². The number of halogens is 5. The molecule has 1 radical (unpaired) electrons. The molecule has 0 bridgehead atoms. The minimum absolute atomic E-state index is 0.00237. The van der Waals surface area contributed by atoms with Crippen molar-refractivity contribution in [2.45, 2.75) is 13.1 Å². The number of hydrogen-bond donors (Lipinski definition) is 0. The van der Waals surface area contributed by atoms with Crippen molar-refractivity contribution in [3.05, 3.63) is 75.4 Å². The molecule has 0 saturated heterocycles. The normalized spacial score (nSPS) is 11.7. The zero-order chi connectivity index (χ0) is 14.9. The molecule has 0 N–H and O–H groups in total. The molecule has 0 saturated carbocycles. The van der Waals surface area contributed by atoms with Crippen LogP contribution in [0.1, 0.15) is 22.3 Å². The van der Waals surface area contributed by atoms with Gasteiger partial charge in [-0.3, -0.25) is 0 Å². The Hall–Kier alpha value is -1.36. The van der Waals surface area contributed by atoms with Crippen molar-refractivity contribution in [1.29, 1.82) is 0 Å². The zero-order valence-electron chi connectivity index (χ0n) is 10.4. The SMILES string of the molecule is Cc1cc([CH]c2ccc(Br)c(C(F)(F)F)c2)ccc1F. The van der Waals surface area contributed by atoms with Gasteiger partial charge in [0.25, 0.3) is 0 Å². The second-order valence-electron chi connectivity index (χ2n) is 4.39. The Labute approximate surface area is 122 Å². The Morgan fingerprint density at radius 1 is 1.00 bits per heavy atom. The fraction of sp³-hybridized carbons (Fsp3) is 0.133. The minimum Gasteiger partial charge on any atom is -0.207 e. The van der Waals surface area contributed by atoms with Crippen molar-refractivity contribution in [2.24, 2.45) is 0 Å². The topological polar surface area (TPSA) is 0 Å². The van der Waals surface area contributed by atoms with Crippen LogP contribution in [0.15, 0.2) is 40.9 Å². The number of aryl methyl sites for hydroxylation is 1. The van der Waals surface area contributed by atoms with Crippen LogP contribution in [-0.2, 0) is 6.18 Å². The van der Waals surface area contributed by atoms with Crippen LogP contribution < -0.4 is 0 Å². The number of benzene rings is 2. The second kappa shape index (κ2) is 5.56. The number of alkyl halides is 3. The number of hydrogen-bond acceptors (Lipinski definition) is 0. The summed E-state index contributed by atoms with van der Waals surface area (Å²) in [6, 6.07) is 8.39.